The maximum atomic E-state index is 12.4. The largest absolute Gasteiger partial charge is 0.348 e. The summed E-state index contributed by atoms with van der Waals surface area (Å²) in [5, 5.41) is 2.89. The molecule has 0 radical (unpaired) electrons. The zero-order chi connectivity index (χ0) is 20.9. The maximum Gasteiger partial charge on any atom is 0.253 e. The summed E-state index contributed by atoms with van der Waals surface area (Å²) in [6.07, 6.45) is 1.07. The van der Waals surface area contributed by atoms with E-state index in [1.807, 2.05) is 13.8 Å². The average molecular weight is 423 g/mol. The smallest absolute Gasteiger partial charge is 0.253 e. The third kappa shape index (κ3) is 5.33. The summed E-state index contributed by atoms with van der Waals surface area (Å²) < 4.78 is 23.3. The van der Waals surface area contributed by atoms with E-state index in [9.17, 15) is 18.0 Å². The van der Waals surface area contributed by atoms with Crippen molar-refractivity contribution in [2.75, 3.05) is 19.3 Å². The summed E-state index contributed by atoms with van der Waals surface area (Å²) in [4.78, 5) is 26.5. The summed E-state index contributed by atoms with van der Waals surface area (Å²) in [7, 11) is -3.44. The minimum atomic E-state index is -3.44. The molecule has 2 aromatic rings. The summed E-state index contributed by atoms with van der Waals surface area (Å²) in [5.74, 6) is -0.510. The van der Waals surface area contributed by atoms with Gasteiger partial charge in [-0.2, -0.15) is 0 Å². The van der Waals surface area contributed by atoms with E-state index in [2.05, 4.69) is 5.32 Å². The van der Waals surface area contributed by atoms with Gasteiger partial charge in [0.25, 0.3) is 11.8 Å². The molecule has 2 amide bonds. The Labute approximate surface area is 170 Å². The Morgan fingerprint density at radius 1 is 1.04 bits per heavy atom. The Balaban J connectivity index is 2.08. The number of sulfone groups is 1. The first-order chi connectivity index (χ1) is 13.2. The van der Waals surface area contributed by atoms with Gasteiger partial charge in [-0.25, -0.2) is 8.42 Å². The Morgan fingerprint density at radius 3 is 2.18 bits per heavy atom. The van der Waals surface area contributed by atoms with E-state index < -0.39 is 15.7 Å². The van der Waals surface area contributed by atoms with Gasteiger partial charge in [0.2, 0.25) is 0 Å². The van der Waals surface area contributed by atoms with Gasteiger partial charge in [-0.1, -0.05) is 23.7 Å². The molecule has 0 spiro atoms. The van der Waals surface area contributed by atoms with Crippen LogP contribution in [0.1, 0.15) is 40.1 Å². The molecule has 150 valence electrons. The molecule has 0 fully saturated rings. The van der Waals surface area contributed by atoms with Crippen molar-refractivity contribution < 1.29 is 18.0 Å². The summed E-state index contributed by atoms with van der Waals surface area (Å²) >= 11 is 6.04. The highest BCUT2D eigenvalue weighted by atomic mass is 35.5. The fourth-order valence-corrected chi connectivity index (χ4v) is 3.50. The molecular weight excluding hydrogens is 400 g/mol. The molecule has 0 bridgehead atoms. The number of carbonyl (C=O) groups excluding carboxylic acids is 2. The van der Waals surface area contributed by atoms with Crippen LogP contribution in [0.15, 0.2) is 47.4 Å². The van der Waals surface area contributed by atoms with E-state index in [1.165, 1.54) is 18.2 Å². The van der Waals surface area contributed by atoms with Crippen molar-refractivity contribution in [1.82, 2.24) is 10.2 Å². The number of hydrogen-bond acceptors (Lipinski definition) is 4. The third-order valence-corrected chi connectivity index (χ3v) is 5.76. The Morgan fingerprint density at radius 2 is 1.64 bits per heavy atom. The van der Waals surface area contributed by atoms with Crippen LogP contribution in [0.2, 0.25) is 5.02 Å². The molecule has 0 saturated carbocycles. The van der Waals surface area contributed by atoms with Crippen molar-refractivity contribution in [2.45, 2.75) is 25.3 Å². The van der Waals surface area contributed by atoms with Gasteiger partial charge >= 0.3 is 0 Å². The lowest BCUT2D eigenvalue weighted by molar-refractivity contribution is 0.0772. The highest BCUT2D eigenvalue weighted by Gasteiger charge is 2.16. The lowest BCUT2D eigenvalue weighted by Crippen LogP contribution is -2.30. The average Bonchev–Trinajstić information content (AvgIpc) is 2.66. The topological polar surface area (TPSA) is 83.6 Å². The van der Waals surface area contributed by atoms with Gasteiger partial charge in [-0.05, 0) is 49.7 Å². The predicted molar refractivity (Wildman–Crippen MR) is 109 cm³/mol. The highest BCUT2D eigenvalue weighted by molar-refractivity contribution is 7.90. The fourth-order valence-electron chi connectivity index (χ4n) is 2.65. The van der Waals surface area contributed by atoms with E-state index in [0.29, 0.717) is 18.7 Å². The third-order valence-electron chi connectivity index (χ3n) is 4.32. The summed E-state index contributed by atoms with van der Waals surface area (Å²) in [6.45, 7) is 5.35. The zero-order valence-electron chi connectivity index (χ0n) is 16.0. The summed E-state index contributed by atoms with van der Waals surface area (Å²) in [5.41, 5.74) is 1.49. The molecule has 0 saturated heterocycles. The molecule has 8 heteroatoms. The van der Waals surface area contributed by atoms with Crippen molar-refractivity contribution >= 4 is 33.3 Å². The molecule has 0 heterocycles. The van der Waals surface area contributed by atoms with Crippen LogP contribution in [0.25, 0.3) is 0 Å². The number of benzene rings is 2. The zero-order valence-corrected chi connectivity index (χ0v) is 17.6. The predicted octanol–water partition coefficient (Wildman–Crippen LogP) is 3.16. The molecule has 0 aromatic heterocycles. The molecule has 0 aliphatic carbocycles. The fraction of sp³-hybridized carbons (Fsp3) is 0.300. The minimum absolute atomic E-state index is 0.0290. The van der Waals surface area contributed by atoms with E-state index in [0.717, 1.165) is 11.8 Å². The van der Waals surface area contributed by atoms with Gasteiger partial charge in [-0.15, -0.1) is 0 Å². The maximum absolute atomic E-state index is 12.4. The van der Waals surface area contributed by atoms with Crippen molar-refractivity contribution in [3.63, 3.8) is 0 Å². The standard InChI is InChI=1S/C20H23ClN2O4S/c1-4-23(5-2)20(25)15-8-6-14(7-9-15)13-22-19(24)17-12-16(28(3,26)27)10-11-18(17)21/h6-12H,4-5,13H2,1-3H3,(H,22,24). The van der Waals surface area contributed by atoms with Crippen LogP contribution in [0.4, 0.5) is 0 Å². The van der Waals surface area contributed by atoms with Crippen LogP contribution in [-0.4, -0.2) is 44.5 Å². The second-order valence-electron chi connectivity index (χ2n) is 6.27. The first kappa shape index (κ1) is 21.9. The van der Waals surface area contributed by atoms with Crippen molar-refractivity contribution in [1.29, 1.82) is 0 Å². The van der Waals surface area contributed by atoms with E-state index in [-0.39, 0.29) is 27.9 Å². The van der Waals surface area contributed by atoms with E-state index >= 15 is 0 Å². The molecule has 0 aliphatic heterocycles. The number of carbonyl (C=O) groups is 2. The van der Waals surface area contributed by atoms with Gasteiger partial charge in [0.1, 0.15) is 0 Å². The number of nitrogens with one attached hydrogen (secondary N) is 1. The first-order valence-electron chi connectivity index (χ1n) is 8.83. The number of halogens is 1. The highest BCUT2D eigenvalue weighted by Crippen LogP contribution is 2.20. The van der Waals surface area contributed by atoms with Crippen molar-refractivity contribution in [3.8, 4) is 0 Å². The number of nitrogens with zero attached hydrogens (tertiary/aromatic N) is 1. The van der Waals surface area contributed by atoms with Crippen LogP contribution < -0.4 is 5.32 Å². The number of hydrogen-bond donors (Lipinski definition) is 1. The van der Waals surface area contributed by atoms with Crippen molar-refractivity contribution in [2.24, 2.45) is 0 Å². The van der Waals surface area contributed by atoms with Crippen LogP contribution in [0.3, 0.4) is 0 Å². The van der Waals surface area contributed by atoms with Gasteiger partial charge in [0.05, 0.1) is 15.5 Å². The molecule has 1 N–H and O–H groups in total. The Bertz CT molecular complexity index is 968. The SMILES string of the molecule is CCN(CC)C(=O)c1ccc(CNC(=O)c2cc(S(C)(=O)=O)ccc2Cl)cc1. The Kier molecular flexibility index (Phi) is 7.21. The van der Waals surface area contributed by atoms with Gasteiger partial charge < -0.3 is 10.2 Å². The van der Waals surface area contributed by atoms with Crippen molar-refractivity contribution in [3.05, 3.63) is 64.2 Å². The molecule has 0 unspecified atom stereocenters. The quantitative estimate of drug-likeness (QED) is 0.742. The molecule has 28 heavy (non-hydrogen) atoms. The minimum Gasteiger partial charge on any atom is -0.348 e. The molecule has 2 aromatic carbocycles. The first-order valence-corrected chi connectivity index (χ1v) is 11.1. The molecule has 6 nitrogen and oxygen atoms in total. The van der Waals surface area contributed by atoms with Gasteiger partial charge in [-0.3, -0.25) is 9.59 Å². The second-order valence-corrected chi connectivity index (χ2v) is 8.69. The van der Waals surface area contributed by atoms with E-state index in [1.54, 1.807) is 29.2 Å². The lowest BCUT2D eigenvalue weighted by atomic mass is 10.1. The van der Waals surface area contributed by atoms with Crippen LogP contribution in [0, 0.1) is 0 Å². The molecular formula is C20H23ClN2O4S. The normalized spacial score (nSPS) is 11.1. The molecule has 0 aliphatic rings. The van der Waals surface area contributed by atoms with Crippen LogP contribution in [0.5, 0.6) is 0 Å². The summed E-state index contributed by atoms with van der Waals surface area (Å²) in [6, 6.07) is 11.0. The van der Waals surface area contributed by atoms with Gasteiger partial charge in [0.15, 0.2) is 9.84 Å². The monoisotopic (exact) mass is 422 g/mol. The number of rotatable bonds is 7. The number of amides is 2. The van der Waals surface area contributed by atoms with Crippen LogP contribution in [-0.2, 0) is 16.4 Å². The molecule has 0 atom stereocenters. The van der Waals surface area contributed by atoms with Gasteiger partial charge in [0, 0.05) is 31.5 Å². The Hall–Kier alpha value is -2.38. The lowest BCUT2D eigenvalue weighted by Gasteiger charge is -2.18. The van der Waals surface area contributed by atoms with E-state index in [4.69, 9.17) is 11.6 Å². The second kappa shape index (κ2) is 9.21. The van der Waals surface area contributed by atoms with Crippen LogP contribution >= 0.6 is 11.6 Å². The molecule has 2 rings (SSSR count).